The SMILES string of the molecule is CN=C(NCC(c1ccc(C)o1)N1CCCC1)N1CCC(Oc2ccccc2)CC1. The Bertz CT molecular complexity index is 806. The van der Waals surface area contributed by atoms with Crippen molar-refractivity contribution in [1.82, 2.24) is 15.1 Å². The smallest absolute Gasteiger partial charge is 0.193 e. The molecule has 1 atom stereocenters. The van der Waals surface area contributed by atoms with E-state index in [1.807, 2.05) is 44.3 Å². The first-order chi connectivity index (χ1) is 14.7. The predicted molar refractivity (Wildman–Crippen MR) is 120 cm³/mol. The molecule has 2 aliphatic heterocycles. The number of rotatable bonds is 6. The second kappa shape index (κ2) is 10.0. The van der Waals surface area contributed by atoms with Gasteiger partial charge in [-0.1, -0.05) is 18.2 Å². The highest BCUT2D eigenvalue weighted by Gasteiger charge is 2.28. The van der Waals surface area contributed by atoms with Crippen molar-refractivity contribution in [2.75, 3.05) is 39.8 Å². The van der Waals surface area contributed by atoms with E-state index >= 15 is 0 Å². The van der Waals surface area contributed by atoms with E-state index in [-0.39, 0.29) is 12.1 Å². The highest BCUT2D eigenvalue weighted by molar-refractivity contribution is 5.80. The van der Waals surface area contributed by atoms with Crippen LogP contribution in [0.5, 0.6) is 5.75 Å². The Morgan fingerprint density at radius 1 is 1.10 bits per heavy atom. The summed E-state index contributed by atoms with van der Waals surface area (Å²) in [6.07, 6.45) is 4.80. The number of hydrogen-bond acceptors (Lipinski definition) is 4. The number of aryl methyl sites for hydroxylation is 1. The van der Waals surface area contributed by atoms with Gasteiger partial charge in [-0.25, -0.2) is 0 Å². The first-order valence-electron chi connectivity index (χ1n) is 11.2. The number of ether oxygens (including phenoxy) is 1. The van der Waals surface area contributed by atoms with Gasteiger partial charge in [0.05, 0.1) is 6.04 Å². The Labute approximate surface area is 179 Å². The van der Waals surface area contributed by atoms with E-state index in [0.29, 0.717) is 0 Å². The van der Waals surface area contributed by atoms with E-state index in [1.165, 1.54) is 12.8 Å². The number of aliphatic imine (C=N–C) groups is 1. The summed E-state index contributed by atoms with van der Waals surface area (Å²) in [4.78, 5) is 9.43. The van der Waals surface area contributed by atoms with Crippen molar-refractivity contribution in [2.24, 2.45) is 4.99 Å². The maximum absolute atomic E-state index is 6.14. The molecule has 2 aromatic rings. The normalized spacial score (nSPS) is 19.8. The number of para-hydroxylation sites is 1. The third kappa shape index (κ3) is 5.17. The average Bonchev–Trinajstić information content (AvgIpc) is 3.45. The molecule has 6 nitrogen and oxygen atoms in total. The van der Waals surface area contributed by atoms with E-state index in [1.54, 1.807) is 0 Å². The van der Waals surface area contributed by atoms with Crippen LogP contribution in [0.15, 0.2) is 51.9 Å². The fourth-order valence-electron chi connectivity index (χ4n) is 4.49. The fraction of sp³-hybridized carbons (Fsp3) is 0.542. The molecule has 0 saturated carbocycles. The molecular formula is C24H34N4O2. The molecule has 0 amide bonds. The molecular weight excluding hydrogens is 376 g/mol. The molecule has 3 heterocycles. The van der Waals surface area contributed by atoms with Gasteiger partial charge in [-0.05, 0) is 57.1 Å². The molecule has 1 unspecified atom stereocenters. The van der Waals surface area contributed by atoms with Gasteiger partial charge < -0.3 is 19.4 Å². The molecule has 0 aliphatic carbocycles. The monoisotopic (exact) mass is 410 g/mol. The molecule has 0 radical (unpaired) electrons. The average molecular weight is 411 g/mol. The second-order valence-corrected chi connectivity index (χ2v) is 8.25. The molecule has 2 saturated heterocycles. The van der Waals surface area contributed by atoms with Gasteiger partial charge in [0.2, 0.25) is 0 Å². The zero-order chi connectivity index (χ0) is 20.8. The van der Waals surface area contributed by atoms with Crippen molar-refractivity contribution in [3.8, 4) is 5.75 Å². The summed E-state index contributed by atoms with van der Waals surface area (Å²) in [5.41, 5.74) is 0. The van der Waals surface area contributed by atoms with E-state index in [9.17, 15) is 0 Å². The van der Waals surface area contributed by atoms with Crippen molar-refractivity contribution in [2.45, 2.75) is 44.8 Å². The quantitative estimate of drug-likeness (QED) is 0.579. The predicted octanol–water partition coefficient (Wildman–Crippen LogP) is 3.84. The molecule has 6 heteroatoms. The number of guanidine groups is 1. The van der Waals surface area contributed by atoms with Gasteiger partial charge in [-0.2, -0.15) is 0 Å². The summed E-state index contributed by atoms with van der Waals surface area (Å²) in [6.45, 7) is 6.98. The standard InChI is InChI=1S/C24H34N4O2/c1-19-10-11-23(29-19)22(27-14-6-7-15-27)18-26-24(25-2)28-16-12-21(13-17-28)30-20-8-4-3-5-9-20/h3-5,8-11,21-22H,6-7,12-18H2,1-2H3,(H,25,26). The lowest BCUT2D eigenvalue weighted by molar-refractivity contribution is 0.129. The minimum atomic E-state index is 0.247. The van der Waals surface area contributed by atoms with Gasteiger partial charge in [0.1, 0.15) is 23.4 Å². The highest BCUT2D eigenvalue weighted by Crippen LogP contribution is 2.26. The molecule has 1 aromatic carbocycles. The van der Waals surface area contributed by atoms with Crippen LogP contribution >= 0.6 is 0 Å². The lowest BCUT2D eigenvalue weighted by Crippen LogP contribution is -2.49. The van der Waals surface area contributed by atoms with Crippen LogP contribution in [0.1, 0.15) is 43.2 Å². The number of piperidine rings is 1. The molecule has 1 aromatic heterocycles. The molecule has 30 heavy (non-hydrogen) atoms. The van der Waals surface area contributed by atoms with Crippen LogP contribution in [-0.4, -0.2) is 61.6 Å². The summed E-state index contributed by atoms with van der Waals surface area (Å²) < 4.78 is 12.1. The van der Waals surface area contributed by atoms with E-state index in [4.69, 9.17) is 9.15 Å². The lowest BCUT2D eigenvalue weighted by atomic mass is 10.1. The van der Waals surface area contributed by atoms with Gasteiger partial charge in [-0.15, -0.1) is 0 Å². The first kappa shape index (κ1) is 20.8. The minimum Gasteiger partial charge on any atom is -0.490 e. The third-order valence-corrected chi connectivity index (χ3v) is 6.12. The Balaban J connectivity index is 1.31. The number of nitrogens with zero attached hydrogens (tertiary/aromatic N) is 3. The second-order valence-electron chi connectivity index (χ2n) is 8.25. The first-order valence-corrected chi connectivity index (χ1v) is 11.2. The van der Waals surface area contributed by atoms with Crippen LogP contribution in [0.4, 0.5) is 0 Å². The maximum atomic E-state index is 6.14. The Kier molecular flexibility index (Phi) is 6.95. The number of likely N-dealkylation sites (tertiary alicyclic amines) is 2. The highest BCUT2D eigenvalue weighted by atomic mass is 16.5. The third-order valence-electron chi connectivity index (χ3n) is 6.12. The Morgan fingerprint density at radius 2 is 1.83 bits per heavy atom. The summed E-state index contributed by atoms with van der Waals surface area (Å²) in [5, 5.41) is 3.62. The van der Waals surface area contributed by atoms with Crippen molar-refractivity contribution >= 4 is 5.96 Å². The summed E-state index contributed by atoms with van der Waals surface area (Å²) in [5.74, 6) is 3.95. The number of hydrogen-bond donors (Lipinski definition) is 1. The van der Waals surface area contributed by atoms with Gasteiger partial charge in [0.25, 0.3) is 0 Å². The topological polar surface area (TPSA) is 53.2 Å². The number of nitrogens with one attached hydrogen (secondary N) is 1. The number of furan rings is 1. The Morgan fingerprint density at radius 3 is 2.47 bits per heavy atom. The van der Waals surface area contributed by atoms with E-state index in [2.05, 4.69) is 32.2 Å². The number of benzene rings is 1. The van der Waals surface area contributed by atoms with Crippen LogP contribution in [0.2, 0.25) is 0 Å². The maximum Gasteiger partial charge on any atom is 0.193 e. The molecule has 1 N–H and O–H groups in total. The summed E-state index contributed by atoms with van der Waals surface area (Å²) >= 11 is 0. The molecule has 0 spiro atoms. The van der Waals surface area contributed by atoms with Crippen molar-refractivity contribution < 1.29 is 9.15 Å². The van der Waals surface area contributed by atoms with Gasteiger partial charge >= 0.3 is 0 Å². The molecule has 2 aliphatic rings. The van der Waals surface area contributed by atoms with Crippen LogP contribution in [-0.2, 0) is 0 Å². The van der Waals surface area contributed by atoms with Crippen LogP contribution in [0, 0.1) is 6.92 Å². The van der Waals surface area contributed by atoms with Crippen LogP contribution in [0.3, 0.4) is 0 Å². The molecule has 162 valence electrons. The van der Waals surface area contributed by atoms with Crippen molar-refractivity contribution in [3.05, 3.63) is 54.0 Å². The van der Waals surface area contributed by atoms with Gasteiger partial charge in [0, 0.05) is 39.5 Å². The largest absolute Gasteiger partial charge is 0.490 e. The zero-order valence-corrected chi connectivity index (χ0v) is 18.2. The van der Waals surface area contributed by atoms with Gasteiger partial charge in [0.15, 0.2) is 5.96 Å². The van der Waals surface area contributed by atoms with E-state index in [0.717, 1.165) is 68.8 Å². The van der Waals surface area contributed by atoms with E-state index < -0.39 is 0 Å². The van der Waals surface area contributed by atoms with Crippen LogP contribution < -0.4 is 10.1 Å². The zero-order valence-electron chi connectivity index (χ0n) is 18.2. The van der Waals surface area contributed by atoms with Crippen molar-refractivity contribution in [3.63, 3.8) is 0 Å². The molecule has 0 bridgehead atoms. The fourth-order valence-corrected chi connectivity index (χ4v) is 4.49. The molecule has 2 fully saturated rings. The Hall–Kier alpha value is -2.47. The summed E-state index contributed by atoms with van der Waals surface area (Å²) in [6, 6.07) is 14.5. The minimum absolute atomic E-state index is 0.247. The van der Waals surface area contributed by atoms with Crippen molar-refractivity contribution in [1.29, 1.82) is 0 Å². The lowest BCUT2D eigenvalue weighted by Gasteiger charge is -2.35. The molecule has 4 rings (SSSR count). The van der Waals surface area contributed by atoms with Gasteiger partial charge in [-0.3, -0.25) is 9.89 Å². The van der Waals surface area contributed by atoms with Crippen LogP contribution in [0.25, 0.3) is 0 Å². The summed E-state index contributed by atoms with van der Waals surface area (Å²) in [7, 11) is 1.87.